The van der Waals surface area contributed by atoms with E-state index in [0.717, 1.165) is 18.4 Å². The van der Waals surface area contributed by atoms with Gasteiger partial charge in [0.05, 0.1) is 4.90 Å². The molecule has 0 spiro atoms. The lowest BCUT2D eigenvalue weighted by Gasteiger charge is -2.27. The van der Waals surface area contributed by atoms with Gasteiger partial charge >= 0.3 is 6.18 Å². The third-order valence-corrected chi connectivity index (χ3v) is 6.04. The molecular weight excluding hydrogens is 428 g/mol. The van der Waals surface area contributed by atoms with E-state index < -0.39 is 44.9 Å². The van der Waals surface area contributed by atoms with E-state index >= 15 is 0 Å². The van der Waals surface area contributed by atoms with Crippen molar-refractivity contribution in [3.63, 3.8) is 0 Å². The second kappa shape index (κ2) is 7.33. The molecule has 30 heavy (non-hydrogen) atoms. The molecule has 11 heteroatoms. The van der Waals surface area contributed by atoms with Crippen LogP contribution in [0.15, 0.2) is 41.3 Å². The van der Waals surface area contributed by atoms with Gasteiger partial charge in [-0.25, -0.2) is 12.8 Å². The van der Waals surface area contributed by atoms with Crippen molar-refractivity contribution in [1.82, 2.24) is 5.32 Å². The fourth-order valence-corrected chi connectivity index (χ4v) is 3.83. The first kappa shape index (κ1) is 22.2. The molecular formula is C19H18F4N2O4S. The van der Waals surface area contributed by atoms with Crippen molar-refractivity contribution < 1.29 is 35.9 Å². The highest BCUT2D eigenvalue weighted by Gasteiger charge is 2.52. The zero-order valence-electron chi connectivity index (χ0n) is 15.8. The van der Waals surface area contributed by atoms with E-state index in [2.05, 4.69) is 10.6 Å². The molecule has 0 radical (unpaired) electrons. The second-order valence-electron chi connectivity index (χ2n) is 7.20. The number of halogens is 4. The standard InChI is InChI=1S/C19H18F4N2O4S/c1-18(27,19(21,22)23)14-6-3-11(8-15(14)20)25-17(26)16-13-5-4-12(30(2,28)29)7-10(13)9-24-16/h3-8,16,24,27H,9H2,1-2H3,(H,25,26). The summed E-state index contributed by atoms with van der Waals surface area (Å²) >= 11 is 0. The van der Waals surface area contributed by atoms with Crippen molar-refractivity contribution in [3.8, 4) is 0 Å². The number of carbonyl (C=O) groups is 1. The maximum absolute atomic E-state index is 14.2. The van der Waals surface area contributed by atoms with Gasteiger partial charge < -0.3 is 10.4 Å². The summed E-state index contributed by atoms with van der Waals surface area (Å²) < 4.78 is 76.3. The van der Waals surface area contributed by atoms with Crippen LogP contribution in [0.5, 0.6) is 0 Å². The quantitative estimate of drug-likeness (QED) is 0.628. The minimum atomic E-state index is -5.08. The molecule has 2 aromatic carbocycles. The topological polar surface area (TPSA) is 95.5 Å². The van der Waals surface area contributed by atoms with Gasteiger partial charge in [0.1, 0.15) is 11.9 Å². The Labute approximate surface area is 169 Å². The average molecular weight is 446 g/mol. The fourth-order valence-electron chi connectivity index (χ4n) is 3.16. The third-order valence-electron chi connectivity index (χ3n) is 4.93. The lowest BCUT2D eigenvalue weighted by Crippen LogP contribution is -2.40. The average Bonchev–Trinajstić information content (AvgIpc) is 3.03. The Balaban J connectivity index is 1.81. The number of anilines is 1. The summed E-state index contributed by atoms with van der Waals surface area (Å²) in [5.74, 6) is -1.93. The highest BCUT2D eigenvalue weighted by Crippen LogP contribution is 2.40. The molecule has 1 amide bonds. The van der Waals surface area contributed by atoms with E-state index in [1.807, 2.05) is 0 Å². The number of hydrogen-bond acceptors (Lipinski definition) is 5. The first-order valence-electron chi connectivity index (χ1n) is 8.68. The van der Waals surface area contributed by atoms with Gasteiger partial charge in [-0.3, -0.25) is 10.1 Å². The molecule has 0 bridgehead atoms. The molecule has 1 aliphatic heterocycles. The fraction of sp³-hybridized carbons (Fsp3) is 0.316. The Bertz CT molecular complexity index is 1110. The molecule has 0 aromatic heterocycles. The number of rotatable bonds is 4. The Morgan fingerprint density at radius 1 is 1.20 bits per heavy atom. The van der Waals surface area contributed by atoms with Gasteiger partial charge in [0, 0.05) is 24.1 Å². The number of alkyl halides is 3. The van der Waals surface area contributed by atoms with Crippen molar-refractivity contribution in [1.29, 1.82) is 0 Å². The maximum Gasteiger partial charge on any atom is 0.421 e. The van der Waals surface area contributed by atoms with Gasteiger partial charge in [0.2, 0.25) is 5.91 Å². The van der Waals surface area contributed by atoms with Crippen LogP contribution in [0.1, 0.15) is 29.7 Å². The van der Waals surface area contributed by atoms with Crippen LogP contribution in [0, 0.1) is 5.82 Å². The summed E-state index contributed by atoms with van der Waals surface area (Å²) in [7, 11) is -3.41. The first-order valence-corrected chi connectivity index (χ1v) is 10.6. The molecule has 1 aliphatic rings. The zero-order valence-corrected chi connectivity index (χ0v) is 16.7. The summed E-state index contributed by atoms with van der Waals surface area (Å²) in [4.78, 5) is 12.7. The molecule has 0 aliphatic carbocycles. The Kier molecular flexibility index (Phi) is 5.42. The van der Waals surface area contributed by atoms with Crippen LogP contribution in [0.25, 0.3) is 0 Å². The number of aliphatic hydroxyl groups is 1. The van der Waals surface area contributed by atoms with Gasteiger partial charge in [-0.2, -0.15) is 13.2 Å². The summed E-state index contributed by atoms with van der Waals surface area (Å²) in [6, 6.07) is 5.98. The number of nitrogens with one attached hydrogen (secondary N) is 2. The van der Waals surface area contributed by atoms with Crippen LogP contribution in [-0.4, -0.2) is 31.9 Å². The molecule has 2 aromatic rings. The molecule has 0 saturated carbocycles. The summed E-state index contributed by atoms with van der Waals surface area (Å²) in [6.07, 6.45) is -4.02. The zero-order chi connectivity index (χ0) is 22.5. The van der Waals surface area contributed by atoms with E-state index in [1.54, 1.807) is 0 Å². The van der Waals surface area contributed by atoms with Crippen LogP contribution < -0.4 is 10.6 Å². The van der Waals surface area contributed by atoms with Gasteiger partial charge in [-0.1, -0.05) is 12.1 Å². The maximum atomic E-state index is 14.2. The van der Waals surface area contributed by atoms with Gasteiger partial charge in [0.25, 0.3) is 0 Å². The van der Waals surface area contributed by atoms with E-state index in [0.29, 0.717) is 24.1 Å². The second-order valence-corrected chi connectivity index (χ2v) is 9.22. The molecule has 3 rings (SSSR count). The molecule has 1 heterocycles. The molecule has 3 N–H and O–H groups in total. The molecule has 6 nitrogen and oxygen atoms in total. The van der Waals surface area contributed by atoms with E-state index in [9.17, 15) is 35.9 Å². The Morgan fingerprint density at radius 3 is 2.43 bits per heavy atom. The molecule has 0 saturated heterocycles. The number of carbonyl (C=O) groups excluding carboxylic acids is 1. The first-order chi connectivity index (χ1) is 13.7. The molecule has 2 unspecified atom stereocenters. The largest absolute Gasteiger partial charge is 0.421 e. The minimum absolute atomic E-state index is 0.0952. The minimum Gasteiger partial charge on any atom is -0.376 e. The SMILES string of the molecule is CC(O)(c1ccc(NC(=O)C2NCc3cc(S(C)(=O)=O)ccc32)cc1F)C(F)(F)F. The monoisotopic (exact) mass is 446 g/mol. The highest BCUT2D eigenvalue weighted by atomic mass is 32.2. The van der Waals surface area contributed by atoms with E-state index in [1.165, 1.54) is 18.2 Å². The number of benzene rings is 2. The van der Waals surface area contributed by atoms with Crippen LogP contribution in [0.2, 0.25) is 0 Å². The lowest BCUT2D eigenvalue weighted by atomic mass is 9.94. The lowest BCUT2D eigenvalue weighted by molar-refractivity contribution is -0.259. The highest BCUT2D eigenvalue weighted by molar-refractivity contribution is 7.90. The van der Waals surface area contributed by atoms with Gasteiger partial charge in [0.15, 0.2) is 15.4 Å². The number of sulfone groups is 1. The number of fused-ring (bicyclic) bond motifs is 1. The molecule has 0 fully saturated rings. The van der Waals surface area contributed by atoms with Crippen molar-refractivity contribution >= 4 is 21.4 Å². The van der Waals surface area contributed by atoms with Gasteiger partial charge in [-0.05, 0) is 42.3 Å². The van der Waals surface area contributed by atoms with Crippen LogP contribution in [0.3, 0.4) is 0 Å². The summed E-state index contributed by atoms with van der Waals surface area (Å²) in [5, 5.41) is 14.9. The van der Waals surface area contributed by atoms with Crippen LogP contribution in [-0.2, 0) is 26.8 Å². The van der Waals surface area contributed by atoms with Gasteiger partial charge in [-0.15, -0.1) is 0 Å². The van der Waals surface area contributed by atoms with Crippen molar-refractivity contribution in [3.05, 3.63) is 58.9 Å². The summed E-state index contributed by atoms with van der Waals surface area (Å²) in [5.41, 5.74) is -3.30. The molecule has 162 valence electrons. The van der Waals surface area contributed by atoms with E-state index in [4.69, 9.17) is 0 Å². The molecule has 2 atom stereocenters. The Morgan fingerprint density at radius 2 is 1.87 bits per heavy atom. The van der Waals surface area contributed by atoms with E-state index in [-0.39, 0.29) is 17.1 Å². The number of amides is 1. The summed E-state index contributed by atoms with van der Waals surface area (Å²) in [6.45, 7) is 0.673. The number of hydrogen-bond donors (Lipinski definition) is 3. The van der Waals surface area contributed by atoms with Crippen LogP contribution >= 0.6 is 0 Å². The predicted molar refractivity (Wildman–Crippen MR) is 99.8 cm³/mol. The van der Waals surface area contributed by atoms with Crippen molar-refractivity contribution in [2.45, 2.75) is 36.2 Å². The van der Waals surface area contributed by atoms with Crippen molar-refractivity contribution in [2.75, 3.05) is 11.6 Å². The Hall–Kier alpha value is -2.50. The third kappa shape index (κ3) is 4.05. The normalized spacial score (nSPS) is 18.6. The smallest absolute Gasteiger partial charge is 0.376 e. The van der Waals surface area contributed by atoms with Crippen molar-refractivity contribution in [2.24, 2.45) is 0 Å². The predicted octanol–water partition coefficient (Wildman–Crippen LogP) is 2.78. The van der Waals surface area contributed by atoms with Crippen LogP contribution in [0.4, 0.5) is 23.2 Å².